The van der Waals surface area contributed by atoms with Crippen molar-refractivity contribution in [2.75, 3.05) is 18.1 Å². The van der Waals surface area contributed by atoms with Crippen LogP contribution in [0.15, 0.2) is 0 Å². The van der Waals surface area contributed by atoms with Gasteiger partial charge in [-0.3, -0.25) is 0 Å². The van der Waals surface area contributed by atoms with Gasteiger partial charge in [-0.15, -0.1) is 9.45 Å². The quantitative estimate of drug-likeness (QED) is 0.685. The normalized spacial score (nSPS) is 13.1. The molecule has 0 saturated carbocycles. The summed E-state index contributed by atoms with van der Waals surface area (Å²) >= 11 is 4.82. The van der Waals surface area contributed by atoms with Crippen molar-refractivity contribution in [3.8, 4) is 0 Å². The molecule has 1 nitrogen and oxygen atoms in total. The fraction of sp³-hybridized carbons (Fsp3) is 1.00. The summed E-state index contributed by atoms with van der Waals surface area (Å²) in [5, 5.41) is 8.54. The van der Waals surface area contributed by atoms with Gasteiger partial charge in [-0.1, -0.05) is 6.92 Å². The van der Waals surface area contributed by atoms with Gasteiger partial charge in [0.15, 0.2) is 0 Å². The standard InChI is InChI=1S/C5H12OS3/c1-2-4-9(8-7)5-3-6/h6H,2-5H2,1H3. The number of rotatable bonds is 4. The Morgan fingerprint density at radius 2 is 2.22 bits per heavy atom. The molecule has 1 N–H and O–H groups in total. The van der Waals surface area contributed by atoms with E-state index in [1.54, 1.807) is 0 Å². The lowest BCUT2D eigenvalue weighted by molar-refractivity contribution is 0.322. The average Bonchev–Trinajstić information content (AvgIpc) is 1.88. The fourth-order valence-electron chi connectivity index (χ4n) is 0.500. The highest BCUT2D eigenvalue weighted by molar-refractivity contribution is 8.48. The summed E-state index contributed by atoms with van der Waals surface area (Å²) in [4.78, 5) is 0. The number of aliphatic hydroxyl groups is 1. The molecule has 0 spiro atoms. The Kier molecular flexibility index (Phi) is 7.44. The first-order valence-electron chi connectivity index (χ1n) is 2.93. The zero-order chi connectivity index (χ0) is 7.11. The van der Waals surface area contributed by atoms with Crippen LogP contribution in [0.5, 0.6) is 0 Å². The predicted molar refractivity (Wildman–Crippen MR) is 49.2 cm³/mol. The molecule has 0 aromatic heterocycles. The van der Waals surface area contributed by atoms with Crippen LogP contribution in [0, 0.1) is 0 Å². The minimum absolute atomic E-state index is 0.250. The summed E-state index contributed by atoms with van der Waals surface area (Å²) in [7, 11) is 1.72. The van der Waals surface area contributed by atoms with E-state index in [2.05, 4.69) is 6.92 Å². The Morgan fingerprint density at radius 3 is 2.56 bits per heavy atom. The lowest BCUT2D eigenvalue weighted by Gasteiger charge is -1.98. The van der Waals surface area contributed by atoms with E-state index in [-0.39, 0.29) is 16.1 Å². The van der Waals surface area contributed by atoms with Crippen LogP contribution in [-0.2, 0) is 29.5 Å². The maximum absolute atomic E-state index is 8.54. The number of hydrogen-bond acceptors (Lipinski definition) is 2. The molecule has 56 valence electrons. The van der Waals surface area contributed by atoms with E-state index in [9.17, 15) is 0 Å². The van der Waals surface area contributed by atoms with Crippen LogP contribution in [0.4, 0.5) is 0 Å². The van der Waals surface area contributed by atoms with Crippen LogP contribution in [0.2, 0.25) is 0 Å². The molecule has 0 aliphatic rings. The zero-order valence-corrected chi connectivity index (χ0v) is 7.95. The van der Waals surface area contributed by atoms with Crippen molar-refractivity contribution in [2.24, 2.45) is 0 Å². The van der Waals surface area contributed by atoms with Crippen molar-refractivity contribution in [1.82, 2.24) is 0 Å². The molecule has 0 aromatic rings. The second-order valence-corrected chi connectivity index (χ2v) is 6.52. The third-order valence-corrected chi connectivity index (χ3v) is 5.85. The zero-order valence-electron chi connectivity index (χ0n) is 5.50. The second kappa shape index (κ2) is 6.86. The lowest BCUT2D eigenvalue weighted by atomic mass is 10.6. The molecule has 0 aliphatic carbocycles. The van der Waals surface area contributed by atoms with Crippen LogP contribution >= 0.6 is 0 Å². The summed E-state index contributed by atoms with van der Waals surface area (Å²) < 4.78 is 0. The van der Waals surface area contributed by atoms with Crippen LogP contribution < -0.4 is 0 Å². The molecule has 1 unspecified atom stereocenters. The van der Waals surface area contributed by atoms with E-state index < -0.39 is 0 Å². The monoisotopic (exact) mass is 184 g/mol. The topological polar surface area (TPSA) is 20.2 Å². The van der Waals surface area contributed by atoms with Crippen molar-refractivity contribution in [2.45, 2.75) is 13.3 Å². The first-order chi connectivity index (χ1) is 4.35. The summed E-state index contributed by atoms with van der Waals surface area (Å²) in [6.07, 6.45) is 1.17. The molecule has 1 atom stereocenters. The van der Waals surface area contributed by atoms with Gasteiger partial charge in [-0.25, -0.2) is 0 Å². The summed E-state index contributed by atoms with van der Waals surface area (Å²) in [6.45, 7) is 2.43. The van der Waals surface area contributed by atoms with Gasteiger partial charge in [0.25, 0.3) is 0 Å². The van der Waals surface area contributed by atoms with E-state index in [1.807, 2.05) is 0 Å². The van der Waals surface area contributed by atoms with Gasteiger partial charge >= 0.3 is 0 Å². The number of aliphatic hydroxyl groups excluding tert-OH is 1. The minimum atomic E-state index is 0.250. The number of hydrogen-bond donors (Lipinski definition) is 1. The molecule has 0 aliphatic heterocycles. The highest BCUT2D eigenvalue weighted by Gasteiger charge is 1.89. The van der Waals surface area contributed by atoms with Crippen molar-refractivity contribution in [3.05, 3.63) is 0 Å². The van der Waals surface area contributed by atoms with Crippen molar-refractivity contribution in [1.29, 1.82) is 0 Å². The third-order valence-electron chi connectivity index (χ3n) is 0.847. The lowest BCUT2D eigenvalue weighted by Crippen LogP contribution is -2.04. The first kappa shape index (κ1) is 9.75. The molecule has 0 amide bonds. The molecule has 0 aromatic carbocycles. The smallest absolute Gasteiger partial charge is 0.0524 e. The van der Waals surface area contributed by atoms with E-state index in [0.29, 0.717) is 0 Å². The largest absolute Gasteiger partial charge is 0.396 e. The highest BCUT2D eigenvalue weighted by atomic mass is 33.1. The van der Waals surface area contributed by atoms with Gasteiger partial charge in [-0.2, -0.15) is 0 Å². The van der Waals surface area contributed by atoms with Gasteiger partial charge in [0.1, 0.15) is 0 Å². The molecule has 0 saturated heterocycles. The minimum Gasteiger partial charge on any atom is -0.396 e. The Morgan fingerprint density at radius 1 is 1.56 bits per heavy atom. The SMILES string of the molecule is CCCS(CCO)=S=S. The van der Waals surface area contributed by atoms with Gasteiger partial charge in [-0.05, 0) is 32.2 Å². The fourth-order valence-corrected chi connectivity index (χ4v) is 3.86. The summed E-state index contributed by atoms with van der Waals surface area (Å²) in [5.41, 5.74) is 0. The van der Waals surface area contributed by atoms with E-state index in [4.69, 9.17) is 16.3 Å². The van der Waals surface area contributed by atoms with E-state index in [1.165, 1.54) is 15.3 Å². The van der Waals surface area contributed by atoms with Crippen LogP contribution in [-0.4, -0.2) is 23.2 Å². The third kappa shape index (κ3) is 5.21. The molecular formula is C5H12OS3. The molecule has 0 bridgehead atoms. The summed E-state index contributed by atoms with van der Waals surface area (Å²) in [6, 6.07) is 0. The molecule has 0 heterocycles. The Balaban J connectivity index is 3.57. The molecular weight excluding hydrogens is 172 g/mol. The highest BCUT2D eigenvalue weighted by Crippen LogP contribution is 1.86. The molecule has 0 radical (unpaired) electrons. The van der Waals surface area contributed by atoms with Crippen molar-refractivity contribution >= 4 is 29.5 Å². The van der Waals surface area contributed by atoms with Gasteiger partial charge in [0.2, 0.25) is 0 Å². The van der Waals surface area contributed by atoms with E-state index in [0.717, 1.165) is 11.5 Å². The second-order valence-electron chi connectivity index (χ2n) is 1.64. The van der Waals surface area contributed by atoms with Crippen LogP contribution in [0.3, 0.4) is 0 Å². The van der Waals surface area contributed by atoms with E-state index >= 15 is 0 Å². The van der Waals surface area contributed by atoms with Crippen molar-refractivity contribution in [3.63, 3.8) is 0 Å². The van der Waals surface area contributed by atoms with Gasteiger partial charge in [0, 0.05) is 5.75 Å². The Bertz CT molecular complexity index is 109. The Hall–Kier alpha value is 0.750. The Labute approximate surface area is 66.3 Å². The van der Waals surface area contributed by atoms with Gasteiger partial charge in [0.05, 0.1) is 6.61 Å². The van der Waals surface area contributed by atoms with Crippen LogP contribution in [0.1, 0.15) is 13.3 Å². The maximum Gasteiger partial charge on any atom is 0.0524 e. The molecule has 0 fully saturated rings. The van der Waals surface area contributed by atoms with Gasteiger partial charge < -0.3 is 5.11 Å². The van der Waals surface area contributed by atoms with Crippen molar-refractivity contribution < 1.29 is 5.11 Å². The molecule has 0 rings (SSSR count). The molecule has 4 heteroatoms. The predicted octanol–water partition coefficient (Wildman–Crippen LogP) is 0.467. The first-order valence-corrected chi connectivity index (χ1v) is 6.76. The molecule has 9 heavy (non-hydrogen) atoms. The van der Waals surface area contributed by atoms with Crippen LogP contribution in [0.25, 0.3) is 0 Å². The summed E-state index contributed by atoms with van der Waals surface area (Å²) in [5.74, 6) is 2.04. The maximum atomic E-state index is 8.54. The average molecular weight is 184 g/mol.